The van der Waals surface area contributed by atoms with Crippen LogP contribution in [0.15, 0.2) is 4.52 Å². The molecule has 78 valence electrons. The number of aromatic nitrogens is 2. The zero-order chi connectivity index (χ0) is 10.7. The highest BCUT2D eigenvalue weighted by atomic mass is 16.5. The number of hydrogen-bond acceptors (Lipinski definition) is 4. The third-order valence-corrected chi connectivity index (χ3v) is 2.17. The number of carbonyl (C=O) groups excluding carboxylic acids is 1. The molecule has 1 aromatic rings. The second kappa shape index (κ2) is 4.35. The van der Waals surface area contributed by atoms with Crippen molar-refractivity contribution >= 4 is 5.78 Å². The summed E-state index contributed by atoms with van der Waals surface area (Å²) in [5, 5.41) is 3.83. The molecule has 0 saturated carbocycles. The van der Waals surface area contributed by atoms with E-state index in [1.807, 2.05) is 20.8 Å². The Morgan fingerprint density at radius 1 is 1.50 bits per heavy atom. The second-order valence-electron chi connectivity index (χ2n) is 3.72. The van der Waals surface area contributed by atoms with Gasteiger partial charge in [0.2, 0.25) is 5.89 Å². The quantitative estimate of drug-likeness (QED) is 0.741. The molecule has 1 heterocycles. The summed E-state index contributed by atoms with van der Waals surface area (Å²) in [7, 11) is 0. The molecule has 1 rings (SSSR count). The van der Waals surface area contributed by atoms with E-state index in [9.17, 15) is 4.79 Å². The molecule has 0 aliphatic rings. The van der Waals surface area contributed by atoms with E-state index in [4.69, 9.17) is 4.52 Å². The molecule has 0 saturated heterocycles. The number of nitrogens with zero attached hydrogens (tertiary/aromatic N) is 2. The molecule has 1 aromatic heterocycles. The van der Waals surface area contributed by atoms with Gasteiger partial charge in [-0.25, -0.2) is 0 Å². The van der Waals surface area contributed by atoms with Gasteiger partial charge in [-0.15, -0.1) is 0 Å². The van der Waals surface area contributed by atoms with E-state index in [0.717, 1.165) is 0 Å². The smallest absolute Gasteiger partial charge is 0.237 e. The Bertz CT molecular complexity index is 318. The van der Waals surface area contributed by atoms with Crippen molar-refractivity contribution < 1.29 is 9.32 Å². The molecule has 0 fully saturated rings. The highest BCUT2D eigenvalue weighted by molar-refractivity contribution is 5.82. The molecule has 0 radical (unpaired) electrons. The van der Waals surface area contributed by atoms with Crippen molar-refractivity contribution in [2.45, 2.75) is 46.0 Å². The zero-order valence-corrected chi connectivity index (χ0v) is 9.07. The minimum Gasteiger partial charge on any atom is -0.339 e. The molecule has 0 spiro atoms. The van der Waals surface area contributed by atoms with Gasteiger partial charge in [0.15, 0.2) is 5.82 Å². The van der Waals surface area contributed by atoms with Crippen molar-refractivity contribution in [2.75, 3.05) is 0 Å². The van der Waals surface area contributed by atoms with Gasteiger partial charge in [0.25, 0.3) is 0 Å². The number of hydrogen-bond donors (Lipinski definition) is 0. The van der Waals surface area contributed by atoms with Crippen LogP contribution in [0.3, 0.4) is 0 Å². The minimum absolute atomic E-state index is 0.0754. The van der Waals surface area contributed by atoms with Gasteiger partial charge in [0, 0.05) is 5.92 Å². The highest BCUT2D eigenvalue weighted by Gasteiger charge is 2.22. The normalized spacial score (nSPS) is 13.2. The summed E-state index contributed by atoms with van der Waals surface area (Å²) in [5.41, 5.74) is 0. The molecule has 1 unspecified atom stereocenters. The van der Waals surface area contributed by atoms with Gasteiger partial charge < -0.3 is 4.52 Å². The SMILES string of the molecule is CCC(C(C)=O)c1nc(C(C)C)no1. The molecule has 0 bridgehead atoms. The lowest BCUT2D eigenvalue weighted by Crippen LogP contribution is -2.08. The van der Waals surface area contributed by atoms with Gasteiger partial charge in [0.05, 0.1) is 5.92 Å². The Morgan fingerprint density at radius 3 is 2.50 bits per heavy atom. The Balaban J connectivity index is 2.89. The molecule has 0 aliphatic carbocycles. The first-order valence-electron chi connectivity index (χ1n) is 4.90. The first kappa shape index (κ1) is 10.9. The summed E-state index contributed by atoms with van der Waals surface area (Å²) in [6.45, 7) is 7.46. The number of rotatable bonds is 4. The molecule has 14 heavy (non-hydrogen) atoms. The van der Waals surface area contributed by atoms with E-state index >= 15 is 0 Å². The molecule has 4 nitrogen and oxygen atoms in total. The minimum atomic E-state index is -0.241. The summed E-state index contributed by atoms with van der Waals surface area (Å²) < 4.78 is 5.06. The first-order chi connectivity index (χ1) is 6.56. The molecular weight excluding hydrogens is 180 g/mol. The summed E-state index contributed by atoms with van der Waals surface area (Å²) in [6.07, 6.45) is 0.703. The van der Waals surface area contributed by atoms with Crippen molar-refractivity contribution in [1.82, 2.24) is 10.1 Å². The summed E-state index contributed by atoms with van der Waals surface area (Å²) in [4.78, 5) is 15.4. The fourth-order valence-corrected chi connectivity index (χ4v) is 1.26. The number of ketones is 1. The van der Waals surface area contributed by atoms with Crippen LogP contribution in [0.25, 0.3) is 0 Å². The third-order valence-electron chi connectivity index (χ3n) is 2.17. The van der Waals surface area contributed by atoms with Crippen LogP contribution in [0, 0.1) is 0 Å². The van der Waals surface area contributed by atoms with Gasteiger partial charge in [-0.05, 0) is 13.3 Å². The van der Waals surface area contributed by atoms with Crippen LogP contribution >= 0.6 is 0 Å². The van der Waals surface area contributed by atoms with Crippen LogP contribution in [-0.2, 0) is 4.79 Å². The van der Waals surface area contributed by atoms with Gasteiger partial charge in [-0.3, -0.25) is 4.79 Å². The van der Waals surface area contributed by atoms with Gasteiger partial charge in [0.1, 0.15) is 5.78 Å². The van der Waals surface area contributed by atoms with E-state index in [1.54, 1.807) is 6.92 Å². The van der Waals surface area contributed by atoms with Gasteiger partial charge in [-0.1, -0.05) is 25.9 Å². The van der Waals surface area contributed by atoms with Crippen molar-refractivity contribution in [3.05, 3.63) is 11.7 Å². The Labute approximate surface area is 83.7 Å². The van der Waals surface area contributed by atoms with E-state index in [0.29, 0.717) is 18.1 Å². The summed E-state index contributed by atoms with van der Waals surface area (Å²) in [6, 6.07) is 0. The molecule has 0 aliphatic heterocycles. The average Bonchev–Trinajstić information content (AvgIpc) is 2.53. The van der Waals surface area contributed by atoms with E-state index in [2.05, 4.69) is 10.1 Å². The van der Waals surface area contributed by atoms with E-state index in [1.165, 1.54) is 0 Å². The Kier molecular flexibility index (Phi) is 3.38. The van der Waals surface area contributed by atoms with Crippen LogP contribution in [-0.4, -0.2) is 15.9 Å². The molecule has 1 atom stereocenters. The number of carbonyl (C=O) groups is 1. The Morgan fingerprint density at radius 2 is 2.14 bits per heavy atom. The predicted molar refractivity (Wildman–Crippen MR) is 52.1 cm³/mol. The van der Waals surface area contributed by atoms with Crippen molar-refractivity contribution in [1.29, 1.82) is 0 Å². The topological polar surface area (TPSA) is 56.0 Å². The lowest BCUT2D eigenvalue weighted by atomic mass is 10.0. The molecular formula is C10H16N2O2. The number of Topliss-reactive ketones (excluding diaryl/α,β-unsaturated/α-hetero) is 1. The maximum absolute atomic E-state index is 11.2. The van der Waals surface area contributed by atoms with Crippen LogP contribution < -0.4 is 0 Å². The highest BCUT2D eigenvalue weighted by Crippen LogP contribution is 2.20. The van der Waals surface area contributed by atoms with Crippen molar-refractivity contribution in [3.8, 4) is 0 Å². The van der Waals surface area contributed by atoms with Crippen molar-refractivity contribution in [2.24, 2.45) is 0 Å². The van der Waals surface area contributed by atoms with Crippen molar-refractivity contribution in [3.63, 3.8) is 0 Å². The molecule has 4 heteroatoms. The fourth-order valence-electron chi connectivity index (χ4n) is 1.26. The standard InChI is InChI=1S/C10H16N2O2/c1-5-8(7(4)13)10-11-9(6(2)3)12-14-10/h6,8H,5H2,1-4H3. The van der Waals surface area contributed by atoms with Crippen LogP contribution in [0.5, 0.6) is 0 Å². The average molecular weight is 196 g/mol. The summed E-state index contributed by atoms with van der Waals surface area (Å²) >= 11 is 0. The molecule has 0 N–H and O–H groups in total. The lowest BCUT2D eigenvalue weighted by molar-refractivity contribution is -0.119. The molecule has 0 amide bonds. The van der Waals surface area contributed by atoms with Crippen LogP contribution in [0.1, 0.15) is 57.7 Å². The summed E-state index contributed by atoms with van der Waals surface area (Å²) in [5.74, 6) is 1.18. The van der Waals surface area contributed by atoms with Crippen LogP contribution in [0.4, 0.5) is 0 Å². The van der Waals surface area contributed by atoms with E-state index in [-0.39, 0.29) is 17.6 Å². The second-order valence-corrected chi connectivity index (χ2v) is 3.72. The maximum atomic E-state index is 11.2. The lowest BCUT2D eigenvalue weighted by Gasteiger charge is -2.03. The third kappa shape index (κ3) is 2.19. The largest absolute Gasteiger partial charge is 0.339 e. The maximum Gasteiger partial charge on any atom is 0.237 e. The monoisotopic (exact) mass is 196 g/mol. The van der Waals surface area contributed by atoms with Gasteiger partial charge >= 0.3 is 0 Å². The Hall–Kier alpha value is -1.19. The van der Waals surface area contributed by atoms with Gasteiger partial charge in [-0.2, -0.15) is 4.98 Å². The predicted octanol–water partition coefficient (Wildman–Crippen LogP) is 2.28. The molecule has 0 aromatic carbocycles. The van der Waals surface area contributed by atoms with Crippen LogP contribution in [0.2, 0.25) is 0 Å². The first-order valence-corrected chi connectivity index (χ1v) is 4.90. The van der Waals surface area contributed by atoms with E-state index < -0.39 is 0 Å². The zero-order valence-electron chi connectivity index (χ0n) is 9.07. The fraction of sp³-hybridized carbons (Fsp3) is 0.700.